The van der Waals surface area contributed by atoms with Crippen molar-refractivity contribution in [3.63, 3.8) is 0 Å². The van der Waals surface area contributed by atoms with E-state index in [4.69, 9.17) is 9.15 Å². The number of aromatic nitrogens is 1. The SMILES string of the molecule is COc1ccc2c(O)c(C=C3N=Nc4ncccc43)oc2c1CN1CCN(C(=O)O)[C@H](C)C1. The second-order valence-electron chi connectivity index (χ2n) is 8.10. The first-order valence-corrected chi connectivity index (χ1v) is 10.6. The Bertz CT molecular complexity index is 1300. The molecule has 170 valence electrons. The van der Waals surface area contributed by atoms with E-state index in [-0.39, 0.29) is 17.6 Å². The highest BCUT2D eigenvalue weighted by atomic mass is 16.5. The highest BCUT2D eigenvalue weighted by molar-refractivity contribution is 5.94. The quantitative estimate of drug-likeness (QED) is 0.608. The third-order valence-corrected chi connectivity index (χ3v) is 6.06. The number of pyridine rings is 1. The number of methoxy groups -OCH3 is 1. The maximum Gasteiger partial charge on any atom is 0.407 e. The van der Waals surface area contributed by atoms with Gasteiger partial charge in [0.2, 0.25) is 0 Å². The molecule has 0 bridgehead atoms. The number of amides is 1. The van der Waals surface area contributed by atoms with Gasteiger partial charge in [0.1, 0.15) is 17.0 Å². The number of aromatic hydroxyl groups is 1. The van der Waals surface area contributed by atoms with Gasteiger partial charge in [0.05, 0.1) is 18.1 Å². The molecule has 0 radical (unpaired) electrons. The molecular weight excluding hydrogens is 426 g/mol. The molecule has 4 heterocycles. The number of furan rings is 1. The van der Waals surface area contributed by atoms with Crippen LogP contribution in [0.3, 0.4) is 0 Å². The van der Waals surface area contributed by atoms with Gasteiger partial charge in [-0.3, -0.25) is 4.90 Å². The van der Waals surface area contributed by atoms with Crippen LogP contribution in [-0.4, -0.2) is 63.9 Å². The standard InChI is InChI=1S/C23H23N5O5/c1-13-11-27(8-9-28(13)23(30)31)12-16-18(32-2)6-5-15-20(29)19(33-21(15)16)10-17-14-4-3-7-24-22(14)26-25-17/h3-7,10,13,29H,8-9,11-12H2,1-2H3,(H,30,31)/t13-/m1/s1. The minimum Gasteiger partial charge on any atom is -0.504 e. The van der Waals surface area contributed by atoms with E-state index in [0.29, 0.717) is 54.4 Å². The topological polar surface area (TPSA) is 124 Å². The van der Waals surface area contributed by atoms with Gasteiger partial charge in [0.25, 0.3) is 0 Å². The normalized spacial score (nSPS) is 19.4. The van der Waals surface area contributed by atoms with E-state index in [1.165, 1.54) is 4.90 Å². The Morgan fingerprint density at radius 1 is 1.30 bits per heavy atom. The molecule has 33 heavy (non-hydrogen) atoms. The molecule has 2 aromatic heterocycles. The Balaban J connectivity index is 1.50. The molecule has 1 amide bonds. The summed E-state index contributed by atoms with van der Waals surface area (Å²) in [6, 6.07) is 7.09. The molecule has 0 unspecified atom stereocenters. The van der Waals surface area contributed by atoms with Gasteiger partial charge in [-0.25, -0.2) is 9.78 Å². The van der Waals surface area contributed by atoms with E-state index in [9.17, 15) is 15.0 Å². The molecule has 0 saturated carbocycles. The summed E-state index contributed by atoms with van der Waals surface area (Å²) in [5.41, 5.74) is 2.63. The average Bonchev–Trinajstić information content (AvgIpc) is 3.35. The van der Waals surface area contributed by atoms with Crippen LogP contribution in [-0.2, 0) is 6.54 Å². The van der Waals surface area contributed by atoms with Crippen LogP contribution in [0.5, 0.6) is 11.5 Å². The van der Waals surface area contributed by atoms with Crippen molar-refractivity contribution in [3.05, 3.63) is 47.3 Å². The molecule has 10 heteroatoms. The fourth-order valence-corrected chi connectivity index (χ4v) is 4.39. The van der Waals surface area contributed by atoms with Gasteiger partial charge in [-0.2, -0.15) is 0 Å². The van der Waals surface area contributed by atoms with Gasteiger partial charge in [-0.05, 0) is 31.2 Å². The number of ether oxygens (including phenoxy) is 1. The van der Waals surface area contributed by atoms with E-state index < -0.39 is 6.09 Å². The predicted molar refractivity (Wildman–Crippen MR) is 121 cm³/mol. The molecule has 10 nitrogen and oxygen atoms in total. The van der Waals surface area contributed by atoms with E-state index in [2.05, 4.69) is 20.1 Å². The van der Waals surface area contributed by atoms with E-state index in [1.807, 2.05) is 13.0 Å². The molecular formula is C23H23N5O5. The largest absolute Gasteiger partial charge is 0.504 e. The number of nitrogens with zero attached hydrogens (tertiary/aromatic N) is 5. The summed E-state index contributed by atoms with van der Waals surface area (Å²) in [4.78, 5) is 19.2. The van der Waals surface area contributed by atoms with Crippen LogP contribution in [0, 0.1) is 0 Å². The predicted octanol–water partition coefficient (Wildman–Crippen LogP) is 4.32. The first-order chi connectivity index (χ1) is 16.0. The third-order valence-electron chi connectivity index (χ3n) is 6.06. The van der Waals surface area contributed by atoms with E-state index in [0.717, 1.165) is 11.1 Å². The summed E-state index contributed by atoms with van der Waals surface area (Å²) in [5, 5.41) is 29.0. The van der Waals surface area contributed by atoms with E-state index >= 15 is 0 Å². The van der Waals surface area contributed by atoms with Crippen LogP contribution < -0.4 is 4.74 Å². The number of benzene rings is 1. The Morgan fingerprint density at radius 2 is 2.15 bits per heavy atom. The van der Waals surface area contributed by atoms with Crippen LogP contribution >= 0.6 is 0 Å². The number of azo groups is 1. The summed E-state index contributed by atoms with van der Waals surface area (Å²) in [7, 11) is 1.59. The van der Waals surface area contributed by atoms with Crippen LogP contribution in [0.25, 0.3) is 22.7 Å². The van der Waals surface area contributed by atoms with Crippen LogP contribution in [0.2, 0.25) is 0 Å². The minimum atomic E-state index is -0.906. The van der Waals surface area contributed by atoms with Crippen molar-refractivity contribution in [3.8, 4) is 11.5 Å². The molecule has 2 N–H and O–H groups in total. The number of rotatable bonds is 4. The van der Waals surface area contributed by atoms with Gasteiger partial charge >= 0.3 is 6.09 Å². The lowest BCUT2D eigenvalue weighted by Gasteiger charge is -2.38. The maximum absolute atomic E-state index is 11.4. The van der Waals surface area contributed by atoms with Crippen molar-refractivity contribution in [2.24, 2.45) is 10.2 Å². The third kappa shape index (κ3) is 3.68. The minimum absolute atomic E-state index is 0.0120. The van der Waals surface area contributed by atoms with Gasteiger partial charge in [-0.1, -0.05) is 0 Å². The van der Waals surface area contributed by atoms with E-state index in [1.54, 1.807) is 37.6 Å². The van der Waals surface area contributed by atoms with Crippen LogP contribution in [0.4, 0.5) is 10.6 Å². The summed E-state index contributed by atoms with van der Waals surface area (Å²) in [6.45, 7) is 3.98. The van der Waals surface area contributed by atoms with Crippen LogP contribution in [0.1, 0.15) is 23.8 Å². The van der Waals surface area contributed by atoms with Crippen molar-refractivity contribution >= 4 is 34.7 Å². The number of carboxylic acid groups (broad SMARTS) is 1. The molecule has 1 aromatic carbocycles. The summed E-state index contributed by atoms with van der Waals surface area (Å²) < 4.78 is 11.7. The number of hydrogen-bond acceptors (Lipinski definition) is 8. The molecule has 1 atom stereocenters. The van der Waals surface area contributed by atoms with Crippen molar-refractivity contribution in [1.29, 1.82) is 0 Å². The molecule has 0 aliphatic carbocycles. The lowest BCUT2D eigenvalue weighted by molar-refractivity contribution is 0.0708. The molecule has 2 aliphatic heterocycles. The molecule has 1 fully saturated rings. The fraction of sp³-hybridized carbons (Fsp3) is 0.304. The summed E-state index contributed by atoms with van der Waals surface area (Å²) in [5.74, 6) is 1.45. The van der Waals surface area contributed by atoms with Gasteiger partial charge < -0.3 is 24.3 Å². The molecule has 5 rings (SSSR count). The molecule has 2 aliphatic rings. The average molecular weight is 449 g/mol. The lowest BCUT2D eigenvalue weighted by Crippen LogP contribution is -2.53. The van der Waals surface area contributed by atoms with Crippen LogP contribution in [0.15, 0.2) is 45.1 Å². The Labute approximate surface area is 189 Å². The smallest absolute Gasteiger partial charge is 0.407 e. The Hall–Kier alpha value is -3.92. The summed E-state index contributed by atoms with van der Waals surface area (Å²) in [6.07, 6.45) is 2.39. The number of fused-ring (bicyclic) bond motifs is 2. The number of hydrogen-bond donors (Lipinski definition) is 2. The van der Waals surface area contributed by atoms with Gasteiger partial charge in [-0.15, -0.1) is 10.2 Å². The lowest BCUT2D eigenvalue weighted by atomic mass is 10.1. The highest BCUT2D eigenvalue weighted by Crippen LogP contribution is 2.41. The van der Waals surface area contributed by atoms with Crippen molar-refractivity contribution in [1.82, 2.24) is 14.8 Å². The Morgan fingerprint density at radius 3 is 2.91 bits per heavy atom. The fourth-order valence-electron chi connectivity index (χ4n) is 4.39. The number of piperazine rings is 1. The highest BCUT2D eigenvalue weighted by Gasteiger charge is 2.29. The molecule has 1 saturated heterocycles. The first kappa shape index (κ1) is 21.0. The molecule has 0 spiro atoms. The Kier molecular flexibility index (Phi) is 5.21. The maximum atomic E-state index is 11.4. The van der Waals surface area contributed by atoms with Crippen molar-refractivity contribution < 1.29 is 24.2 Å². The monoisotopic (exact) mass is 449 g/mol. The molecule has 3 aromatic rings. The van der Waals surface area contributed by atoms with Crippen molar-refractivity contribution in [2.45, 2.75) is 19.5 Å². The second kappa shape index (κ2) is 8.21. The zero-order valence-electron chi connectivity index (χ0n) is 18.2. The zero-order chi connectivity index (χ0) is 23.1. The van der Waals surface area contributed by atoms with Gasteiger partial charge in [0, 0.05) is 50.1 Å². The van der Waals surface area contributed by atoms with Gasteiger partial charge in [0.15, 0.2) is 17.3 Å². The zero-order valence-corrected chi connectivity index (χ0v) is 18.2. The second-order valence-corrected chi connectivity index (χ2v) is 8.10. The first-order valence-electron chi connectivity index (χ1n) is 10.6. The van der Waals surface area contributed by atoms with Crippen molar-refractivity contribution in [2.75, 3.05) is 26.7 Å². The summed E-state index contributed by atoms with van der Waals surface area (Å²) >= 11 is 0. The number of carbonyl (C=O) groups is 1.